The molecule has 0 radical (unpaired) electrons. The van der Waals surface area contributed by atoms with E-state index in [1.165, 1.54) is 0 Å². The molecule has 206 valence electrons. The molecule has 0 bridgehead atoms. The first-order valence-electron chi connectivity index (χ1n) is 13.5. The van der Waals surface area contributed by atoms with Gasteiger partial charge in [-0.25, -0.2) is 4.68 Å². The highest BCUT2D eigenvalue weighted by atomic mass is 32.2. The number of carbonyl (C=O) groups is 2. The minimum Gasteiger partial charge on any atom is -0.497 e. The van der Waals surface area contributed by atoms with Crippen molar-refractivity contribution >= 4 is 29.4 Å². The van der Waals surface area contributed by atoms with Crippen molar-refractivity contribution in [1.82, 2.24) is 15.1 Å². The summed E-state index contributed by atoms with van der Waals surface area (Å²) < 4.78 is 7.20. The van der Waals surface area contributed by atoms with Gasteiger partial charge in [0.1, 0.15) is 18.1 Å². The third-order valence-corrected chi connectivity index (χ3v) is 8.48. The molecule has 2 heterocycles. The molecule has 1 N–H and O–H groups in total. The Morgan fingerprint density at radius 1 is 1.07 bits per heavy atom. The van der Waals surface area contributed by atoms with E-state index in [2.05, 4.69) is 24.4 Å². The van der Waals surface area contributed by atoms with E-state index in [0.717, 1.165) is 45.8 Å². The molecule has 0 saturated carbocycles. The summed E-state index contributed by atoms with van der Waals surface area (Å²) in [6.45, 7) is 5.99. The number of thioether (sulfide) groups is 1. The number of fused-ring (bicyclic) bond motifs is 1. The van der Waals surface area contributed by atoms with Crippen molar-refractivity contribution in [1.29, 1.82) is 0 Å². The minimum atomic E-state index is -0.197. The third kappa shape index (κ3) is 5.49. The zero-order chi connectivity index (χ0) is 28.2. The number of methoxy groups -OCH3 is 1. The van der Waals surface area contributed by atoms with Crippen molar-refractivity contribution in [2.75, 3.05) is 24.3 Å². The summed E-state index contributed by atoms with van der Waals surface area (Å²) in [5, 5.41) is 8.01. The Kier molecular flexibility index (Phi) is 8.26. The Morgan fingerprint density at radius 2 is 1.77 bits per heavy atom. The van der Waals surface area contributed by atoms with Crippen LogP contribution in [0.25, 0.3) is 16.9 Å². The summed E-state index contributed by atoms with van der Waals surface area (Å²) in [7, 11) is 1.63. The minimum absolute atomic E-state index is 0.00882. The molecule has 0 aliphatic carbocycles. The van der Waals surface area contributed by atoms with E-state index in [9.17, 15) is 9.59 Å². The molecular weight excluding hydrogens is 520 g/mol. The Bertz CT molecular complexity index is 1500. The number of hydrogen-bond donors (Lipinski definition) is 1. The topological polar surface area (TPSA) is 76.5 Å². The molecule has 5 rings (SSSR count). The molecule has 1 aliphatic heterocycles. The van der Waals surface area contributed by atoms with Gasteiger partial charge >= 0.3 is 0 Å². The first kappa shape index (κ1) is 27.5. The van der Waals surface area contributed by atoms with Gasteiger partial charge in [-0.15, -0.1) is 11.8 Å². The zero-order valence-corrected chi connectivity index (χ0v) is 24.1. The fourth-order valence-corrected chi connectivity index (χ4v) is 6.22. The lowest BCUT2D eigenvalue weighted by Gasteiger charge is -2.24. The molecule has 7 nitrogen and oxygen atoms in total. The molecule has 2 amide bonds. The van der Waals surface area contributed by atoms with Crippen molar-refractivity contribution in [3.63, 3.8) is 0 Å². The van der Waals surface area contributed by atoms with Crippen LogP contribution in [0.15, 0.2) is 78.9 Å². The molecule has 1 aliphatic rings. The van der Waals surface area contributed by atoms with Gasteiger partial charge < -0.3 is 10.1 Å². The molecule has 0 unspecified atom stereocenters. The second-order valence-corrected chi connectivity index (χ2v) is 11.1. The van der Waals surface area contributed by atoms with E-state index in [1.807, 2.05) is 85.3 Å². The molecule has 1 aromatic heterocycles. The van der Waals surface area contributed by atoms with E-state index in [-0.39, 0.29) is 35.4 Å². The zero-order valence-electron chi connectivity index (χ0n) is 23.3. The van der Waals surface area contributed by atoms with Crippen LogP contribution in [-0.2, 0) is 9.59 Å². The lowest BCUT2D eigenvalue weighted by atomic mass is 9.97. The van der Waals surface area contributed by atoms with E-state index in [0.29, 0.717) is 5.82 Å². The number of amides is 2. The highest BCUT2D eigenvalue weighted by Crippen LogP contribution is 2.49. The molecule has 40 heavy (non-hydrogen) atoms. The Hall–Kier alpha value is -4.04. The standard InChI is InChI=1S/C32H34N4O3S/c1-5-22(3)33-27(37)19-35-28(38)20-40-31(26-14-10-9-11-21(26)2)29-30(23-12-7-6-8-13-23)34-36(32(29)35)24-15-17-25(39-4)18-16-24/h6-18,22,31H,5,19-20H2,1-4H3,(H,33,37)/t22-,31-/m1/s1. The van der Waals surface area contributed by atoms with Gasteiger partial charge in [-0.1, -0.05) is 61.5 Å². The summed E-state index contributed by atoms with van der Waals surface area (Å²) in [4.78, 5) is 28.6. The molecule has 2 atom stereocenters. The first-order valence-corrected chi connectivity index (χ1v) is 14.6. The second-order valence-electron chi connectivity index (χ2n) is 9.97. The van der Waals surface area contributed by atoms with Gasteiger partial charge in [0.15, 0.2) is 0 Å². The maximum Gasteiger partial charge on any atom is 0.240 e. The van der Waals surface area contributed by atoms with Gasteiger partial charge in [0, 0.05) is 17.2 Å². The summed E-state index contributed by atoms with van der Waals surface area (Å²) in [5.41, 5.74) is 5.69. The monoisotopic (exact) mass is 554 g/mol. The predicted molar refractivity (Wildman–Crippen MR) is 161 cm³/mol. The highest BCUT2D eigenvalue weighted by molar-refractivity contribution is 8.00. The Balaban J connectivity index is 1.78. The number of ether oxygens (including phenoxy) is 1. The van der Waals surface area contributed by atoms with Crippen LogP contribution >= 0.6 is 11.8 Å². The van der Waals surface area contributed by atoms with Crippen molar-refractivity contribution in [2.24, 2.45) is 0 Å². The molecular formula is C32H34N4O3S. The first-order chi connectivity index (χ1) is 19.4. The van der Waals surface area contributed by atoms with Crippen LogP contribution < -0.4 is 15.0 Å². The lowest BCUT2D eigenvalue weighted by Crippen LogP contribution is -2.44. The van der Waals surface area contributed by atoms with Crippen molar-refractivity contribution < 1.29 is 14.3 Å². The van der Waals surface area contributed by atoms with Crippen LogP contribution in [-0.4, -0.2) is 47.0 Å². The molecule has 0 fully saturated rings. The molecule has 4 aromatic rings. The quantitative estimate of drug-likeness (QED) is 0.292. The van der Waals surface area contributed by atoms with Crippen LogP contribution in [0.5, 0.6) is 5.75 Å². The molecule has 3 aromatic carbocycles. The molecule has 8 heteroatoms. The van der Waals surface area contributed by atoms with Gasteiger partial charge in [-0.05, 0) is 55.7 Å². The Labute approximate surface area is 239 Å². The number of anilines is 1. The number of nitrogens with zero attached hydrogens (tertiary/aromatic N) is 3. The van der Waals surface area contributed by atoms with Crippen LogP contribution in [0.1, 0.15) is 42.2 Å². The fraction of sp³-hybridized carbons (Fsp3) is 0.281. The number of aryl methyl sites for hydroxylation is 1. The largest absolute Gasteiger partial charge is 0.497 e. The van der Waals surface area contributed by atoms with Gasteiger partial charge in [0.2, 0.25) is 11.8 Å². The third-order valence-electron chi connectivity index (χ3n) is 7.25. The van der Waals surface area contributed by atoms with Crippen LogP contribution in [0.2, 0.25) is 0 Å². The smallest absolute Gasteiger partial charge is 0.240 e. The fourth-order valence-electron chi connectivity index (χ4n) is 4.92. The number of rotatable bonds is 8. The van der Waals surface area contributed by atoms with Gasteiger partial charge in [0.25, 0.3) is 0 Å². The summed E-state index contributed by atoms with van der Waals surface area (Å²) >= 11 is 1.58. The van der Waals surface area contributed by atoms with Gasteiger partial charge in [-0.2, -0.15) is 5.10 Å². The summed E-state index contributed by atoms with van der Waals surface area (Å²) in [6.07, 6.45) is 0.804. The maximum absolute atomic E-state index is 13.8. The van der Waals surface area contributed by atoms with Gasteiger partial charge in [-0.3, -0.25) is 14.5 Å². The number of carbonyl (C=O) groups excluding carboxylic acids is 2. The van der Waals surface area contributed by atoms with Crippen molar-refractivity contribution in [3.05, 3.63) is 95.6 Å². The average molecular weight is 555 g/mol. The van der Waals surface area contributed by atoms with Crippen LogP contribution in [0.4, 0.5) is 5.82 Å². The lowest BCUT2D eigenvalue weighted by molar-refractivity contribution is -0.123. The number of nitrogens with one attached hydrogen (secondary N) is 1. The highest BCUT2D eigenvalue weighted by Gasteiger charge is 2.38. The van der Waals surface area contributed by atoms with Crippen LogP contribution in [0, 0.1) is 6.92 Å². The molecule has 0 saturated heterocycles. The predicted octanol–water partition coefficient (Wildman–Crippen LogP) is 5.94. The summed E-state index contributed by atoms with van der Waals surface area (Å²) in [6, 6.07) is 25.9. The van der Waals surface area contributed by atoms with Crippen molar-refractivity contribution in [2.45, 2.75) is 38.5 Å². The number of hydrogen-bond acceptors (Lipinski definition) is 5. The van der Waals surface area contributed by atoms with E-state index < -0.39 is 0 Å². The second kappa shape index (κ2) is 12.0. The van der Waals surface area contributed by atoms with E-state index >= 15 is 0 Å². The summed E-state index contributed by atoms with van der Waals surface area (Å²) in [5.74, 6) is 1.25. The number of benzene rings is 3. The van der Waals surface area contributed by atoms with E-state index in [4.69, 9.17) is 9.84 Å². The maximum atomic E-state index is 13.8. The average Bonchev–Trinajstić information content (AvgIpc) is 3.31. The van der Waals surface area contributed by atoms with Gasteiger partial charge in [0.05, 0.1) is 29.5 Å². The van der Waals surface area contributed by atoms with E-state index in [1.54, 1.807) is 23.8 Å². The SMILES string of the molecule is CC[C@@H](C)NC(=O)CN1C(=O)CS[C@H](c2ccccc2C)c2c(-c3ccccc3)nn(-c3ccc(OC)cc3)c21. The molecule has 0 spiro atoms. The Morgan fingerprint density at radius 3 is 2.45 bits per heavy atom. The number of aromatic nitrogens is 2. The van der Waals surface area contributed by atoms with Crippen molar-refractivity contribution in [3.8, 4) is 22.7 Å². The normalized spacial score (nSPS) is 15.8. The van der Waals surface area contributed by atoms with Crippen LogP contribution in [0.3, 0.4) is 0 Å².